The number of hydrogen-bond acceptors (Lipinski definition) is 4. The van der Waals surface area contributed by atoms with Crippen molar-refractivity contribution < 1.29 is 14.4 Å². The Labute approximate surface area is 174 Å². The third-order valence-corrected chi connectivity index (χ3v) is 4.34. The van der Waals surface area contributed by atoms with Gasteiger partial charge in [-0.05, 0) is 23.8 Å². The van der Waals surface area contributed by atoms with E-state index in [0.717, 1.165) is 22.4 Å². The summed E-state index contributed by atoms with van der Waals surface area (Å²) in [7, 11) is 0. The van der Waals surface area contributed by atoms with E-state index < -0.39 is 17.7 Å². The van der Waals surface area contributed by atoms with Crippen LogP contribution in [0.2, 0.25) is 0 Å². The SMILES string of the molecule is CCc1nc2ccccc2n1CC(=O)NNC(=O)CNC(=O)/C=C/c1ccccc1. The van der Waals surface area contributed by atoms with Crippen molar-refractivity contribution in [2.45, 2.75) is 19.9 Å². The average molecular weight is 405 g/mol. The van der Waals surface area contributed by atoms with E-state index in [2.05, 4.69) is 21.2 Å². The van der Waals surface area contributed by atoms with Crippen LogP contribution in [0.3, 0.4) is 0 Å². The Balaban J connectivity index is 1.45. The second kappa shape index (κ2) is 10.0. The molecule has 0 saturated carbocycles. The zero-order valence-corrected chi connectivity index (χ0v) is 16.6. The lowest BCUT2D eigenvalue weighted by Crippen LogP contribution is -2.47. The molecule has 30 heavy (non-hydrogen) atoms. The molecule has 0 aliphatic carbocycles. The monoisotopic (exact) mass is 405 g/mol. The largest absolute Gasteiger partial charge is 0.343 e. The molecule has 3 aromatic rings. The third-order valence-electron chi connectivity index (χ3n) is 4.34. The molecule has 8 heteroatoms. The summed E-state index contributed by atoms with van der Waals surface area (Å²) >= 11 is 0. The van der Waals surface area contributed by atoms with Gasteiger partial charge in [0.15, 0.2) is 0 Å². The summed E-state index contributed by atoms with van der Waals surface area (Å²) < 4.78 is 1.81. The number of carbonyl (C=O) groups excluding carboxylic acids is 3. The third kappa shape index (κ3) is 5.54. The summed E-state index contributed by atoms with van der Waals surface area (Å²) in [5, 5.41) is 2.46. The number of carbonyl (C=O) groups is 3. The molecular formula is C22H23N5O3. The Kier molecular flexibility index (Phi) is 6.94. The van der Waals surface area contributed by atoms with Gasteiger partial charge in [-0.1, -0.05) is 49.4 Å². The maximum atomic E-state index is 12.3. The first-order valence-electron chi connectivity index (χ1n) is 9.59. The number of hydrogen-bond donors (Lipinski definition) is 3. The van der Waals surface area contributed by atoms with Gasteiger partial charge < -0.3 is 9.88 Å². The predicted octanol–water partition coefficient (Wildman–Crippen LogP) is 1.58. The van der Waals surface area contributed by atoms with Gasteiger partial charge >= 0.3 is 0 Å². The summed E-state index contributed by atoms with van der Waals surface area (Å²) in [6, 6.07) is 16.9. The number of hydrazine groups is 1. The molecule has 0 fully saturated rings. The summed E-state index contributed by atoms with van der Waals surface area (Å²) in [5.41, 5.74) is 7.21. The van der Waals surface area contributed by atoms with Crippen LogP contribution in [0.5, 0.6) is 0 Å². The Morgan fingerprint density at radius 1 is 0.967 bits per heavy atom. The zero-order valence-electron chi connectivity index (χ0n) is 16.6. The molecule has 154 valence electrons. The van der Waals surface area contributed by atoms with Crippen LogP contribution in [-0.4, -0.2) is 33.8 Å². The molecule has 0 spiro atoms. The summed E-state index contributed by atoms with van der Waals surface area (Å²) in [5.74, 6) is -0.541. The van der Waals surface area contributed by atoms with Gasteiger partial charge in [-0.25, -0.2) is 4.98 Å². The van der Waals surface area contributed by atoms with E-state index in [-0.39, 0.29) is 13.1 Å². The molecule has 0 unspecified atom stereocenters. The molecule has 1 aromatic heterocycles. The lowest BCUT2D eigenvalue weighted by molar-refractivity contribution is -0.129. The highest BCUT2D eigenvalue weighted by atomic mass is 16.2. The van der Waals surface area contributed by atoms with Gasteiger partial charge in [-0.3, -0.25) is 25.2 Å². The van der Waals surface area contributed by atoms with E-state index in [1.807, 2.05) is 66.1 Å². The van der Waals surface area contributed by atoms with Crippen LogP contribution in [0.25, 0.3) is 17.1 Å². The highest BCUT2D eigenvalue weighted by Crippen LogP contribution is 2.16. The van der Waals surface area contributed by atoms with Crippen molar-refractivity contribution in [2.24, 2.45) is 0 Å². The Hall–Kier alpha value is -3.94. The Morgan fingerprint density at radius 3 is 2.43 bits per heavy atom. The average Bonchev–Trinajstić information content (AvgIpc) is 3.13. The standard InChI is InChI=1S/C22H23N5O3/c1-2-19-24-17-10-6-7-11-18(17)27(19)15-22(30)26-25-21(29)14-23-20(28)13-12-16-8-4-3-5-9-16/h3-13H,2,14-15H2,1H3,(H,23,28)(H,25,29)(H,26,30)/b13-12+. The van der Waals surface area contributed by atoms with Crippen LogP contribution in [-0.2, 0) is 27.3 Å². The number of rotatable bonds is 7. The van der Waals surface area contributed by atoms with Crippen molar-refractivity contribution >= 4 is 34.8 Å². The topological polar surface area (TPSA) is 105 Å². The van der Waals surface area contributed by atoms with E-state index in [1.165, 1.54) is 6.08 Å². The Morgan fingerprint density at radius 2 is 1.67 bits per heavy atom. The molecule has 8 nitrogen and oxygen atoms in total. The van der Waals surface area contributed by atoms with E-state index in [9.17, 15) is 14.4 Å². The number of aromatic nitrogens is 2. The second-order valence-electron chi connectivity index (χ2n) is 6.51. The normalized spacial score (nSPS) is 10.8. The predicted molar refractivity (Wildman–Crippen MR) is 114 cm³/mol. The molecule has 0 aliphatic rings. The fourth-order valence-corrected chi connectivity index (χ4v) is 2.90. The number of nitrogens with one attached hydrogen (secondary N) is 3. The number of para-hydroxylation sites is 2. The lowest BCUT2D eigenvalue weighted by Gasteiger charge is -2.10. The minimum Gasteiger partial charge on any atom is -0.343 e. The van der Waals surface area contributed by atoms with Crippen LogP contribution in [0.15, 0.2) is 60.7 Å². The number of nitrogens with zero attached hydrogens (tertiary/aromatic N) is 2. The zero-order chi connectivity index (χ0) is 21.3. The first-order chi connectivity index (χ1) is 14.6. The smallest absolute Gasteiger partial charge is 0.258 e. The molecular weight excluding hydrogens is 382 g/mol. The van der Waals surface area contributed by atoms with Crippen molar-refractivity contribution in [2.75, 3.05) is 6.54 Å². The summed E-state index contributed by atoms with van der Waals surface area (Å²) in [6.07, 6.45) is 3.67. The highest BCUT2D eigenvalue weighted by molar-refractivity contribution is 5.94. The van der Waals surface area contributed by atoms with E-state index in [4.69, 9.17) is 0 Å². The van der Waals surface area contributed by atoms with Crippen molar-refractivity contribution in [1.29, 1.82) is 0 Å². The second-order valence-corrected chi connectivity index (χ2v) is 6.51. The summed E-state index contributed by atoms with van der Waals surface area (Å²) in [6.45, 7) is 1.73. The molecule has 0 atom stereocenters. The molecule has 0 saturated heterocycles. The molecule has 0 radical (unpaired) electrons. The lowest BCUT2D eigenvalue weighted by atomic mass is 10.2. The number of imidazole rings is 1. The van der Waals surface area contributed by atoms with Gasteiger partial charge in [0.05, 0.1) is 17.6 Å². The minimum atomic E-state index is -0.531. The van der Waals surface area contributed by atoms with Crippen LogP contribution >= 0.6 is 0 Å². The number of benzene rings is 2. The van der Waals surface area contributed by atoms with Crippen LogP contribution < -0.4 is 16.2 Å². The molecule has 0 bridgehead atoms. The van der Waals surface area contributed by atoms with Gasteiger partial charge in [0.25, 0.3) is 11.8 Å². The molecule has 2 aromatic carbocycles. The van der Waals surface area contributed by atoms with Gasteiger partial charge in [-0.2, -0.15) is 0 Å². The summed E-state index contributed by atoms with van der Waals surface area (Å²) in [4.78, 5) is 40.4. The molecule has 3 rings (SSSR count). The van der Waals surface area contributed by atoms with Gasteiger partial charge in [0.2, 0.25) is 5.91 Å². The van der Waals surface area contributed by atoms with E-state index in [0.29, 0.717) is 6.42 Å². The Bertz CT molecular complexity index is 1070. The highest BCUT2D eigenvalue weighted by Gasteiger charge is 2.13. The fraction of sp³-hybridized carbons (Fsp3) is 0.182. The van der Waals surface area contributed by atoms with Crippen molar-refractivity contribution in [3.63, 3.8) is 0 Å². The van der Waals surface area contributed by atoms with Gasteiger partial charge in [0, 0.05) is 12.5 Å². The molecule has 0 aliphatic heterocycles. The van der Waals surface area contributed by atoms with Crippen molar-refractivity contribution in [3.05, 3.63) is 72.1 Å². The molecule has 3 N–H and O–H groups in total. The van der Waals surface area contributed by atoms with Crippen LogP contribution in [0.1, 0.15) is 18.3 Å². The molecule has 1 heterocycles. The van der Waals surface area contributed by atoms with Gasteiger partial charge in [0.1, 0.15) is 12.4 Å². The van der Waals surface area contributed by atoms with E-state index >= 15 is 0 Å². The fourth-order valence-electron chi connectivity index (χ4n) is 2.90. The van der Waals surface area contributed by atoms with E-state index in [1.54, 1.807) is 6.08 Å². The molecule has 3 amide bonds. The number of aryl methyl sites for hydroxylation is 1. The van der Waals surface area contributed by atoms with Crippen molar-refractivity contribution in [3.8, 4) is 0 Å². The van der Waals surface area contributed by atoms with Crippen LogP contribution in [0.4, 0.5) is 0 Å². The maximum absolute atomic E-state index is 12.3. The van der Waals surface area contributed by atoms with Gasteiger partial charge in [-0.15, -0.1) is 0 Å². The number of amides is 3. The quantitative estimate of drug-likeness (QED) is 0.410. The number of fused-ring (bicyclic) bond motifs is 1. The van der Waals surface area contributed by atoms with Crippen LogP contribution in [0, 0.1) is 0 Å². The maximum Gasteiger partial charge on any atom is 0.258 e. The minimum absolute atomic E-state index is 0.0239. The first kappa shape index (κ1) is 20.8. The first-order valence-corrected chi connectivity index (χ1v) is 9.59. The van der Waals surface area contributed by atoms with Crippen molar-refractivity contribution in [1.82, 2.24) is 25.7 Å².